The molecule has 0 aliphatic carbocycles. The van der Waals surface area contributed by atoms with Gasteiger partial charge in [0.25, 0.3) is 5.91 Å². The van der Waals surface area contributed by atoms with Crippen LogP contribution in [0.3, 0.4) is 0 Å². The summed E-state index contributed by atoms with van der Waals surface area (Å²) in [5.74, 6) is -2.63. The van der Waals surface area contributed by atoms with E-state index in [0.29, 0.717) is 5.69 Å². The van der Waals surface area contributed by atoms with Crippen LogP contribution in [0.5, 0.6) is 0 Å². The molecule has 0 aromatic heterocycles. The Labute approximate surface area is 178 Å². The molecule has 2 fully saturated rings. The summed E-state index contributed by atoms with van der Waals surface area (Å²) in [7, 11) is 0. The van der Waals surface area contributed by atoms with Crippen molar-refractivity contribution < 1.29 is 24.3 Å². The number of imide groups is 1. The van der Waals surface area contributed by atoms with Gasteiger partial charge in [0, 0.05) is 0 Å². The number of benzene rings is 3. The Morgan fingerprint density at radius 2 is 1.39 bits per heavy atom. The molecule has 0 spiro atoms. The number of fused-ring (bicyclic) bond motifs is 1. The minimum absolute atomic E-state index is 0.0803. The highest BCUT2D eigenvalue weighted by Crippen LogP contribution is 2.47. The molecule has 154 valence electrons. The number of hydrogen-bond acceptors (Lipinski definition) is 5. The molecule has 3 atom stereocenters. The van der Waals surface area contributed by atoms with Crippen molar-refractivity contribution in [1.82, 2.24) is 0 Å². The minimum atomic E-state index is -1.08. The molecule has 0 bridgehead atoms. The fourth-order valence-corrected chi connectivity index (χ4v) is 4.21. The molecule has 2 aliphatic heterocycles. The fourth-order valence-electron chi connectivity index (χ4n) is 4.21. The predicted molar refractivity (Wildman–Crippen MR) is 112 cm³/mol. The van der Waals surface area contributed by atoms with Crippen molar-refractivity contribution in [3.63, 3.8) is 0 Å². The summed E-state index contributed by atoms with van der Waals surface area (Å²) in [4.78, 5) is 44.9. The quantitative estimate of drug-likeness (QED) is 0.658. The van der Waals surface area contributed by atoms with Crippen molar-refractivity contribution in [3.05, 3.63) is 96.1 Å². The van der Waals surface area contributed by atoms with E-state index in [2.05, 4.69) is 0 Å². The Morgan fingerprint density at radius 1 is 0.774 bits per heavy atom. The van der Waals surface area contributed by atoms with Crippen LogP contribution in [0.4, 0.5) is 11.4 Å². The number of carbonyl (C=O) groups excluding carboxylic acids is 2. The molecule has 2 saturated heterocycles. The maximum atomic E-state index is 13.5. The van der Waals surface area contributed by atoms with Crippen molar-refractivity contribution in [1.29, 1.82) is 0 Å². The van der Waals surface area contributed by atoms with Crippen LogP contribution in [0.1, 0.15) is 22.0 Å². The molecule has 1 N–H and O–H groups in total. The SMILES string of the molecule is O=C(O)c1ccc(N2C(=O)[C@H]3[C@@H](ON(c4ccccc4)[C@H]3c3ccccc3)C2=O)cc1. The zero-order chi connectivity index (χ0) is 21.5. The number of hydroxylamine groups is 1. The maximum Gasteiger partial charge on any atom is 0.335 e. The van der Waals surface area contributed by atoms with E-state index in [1.165, 1.54) is 24.3 Å². The highest BCUT2D eigenvalue weighted by atomic mass is 16.7. The number of carbonyl (C=O) groups is 3. The second-order valence-electron chi connectivity index (χ2n) is 7.43. The van der Waals surface area contributed by atoms with Gasteiger partial charge in [-0.15, -0.1) is 0 Å². The second-order valence-corrected chi connectivity index (χ2v) is 7.43. The number of aromatic carboxylic acids is 1. The number of nitrogens with zero attached hydrogens (tertiary/aromatic N) is 2. The number of para-hydroxylation sites is 1. The summed E-state index contributed by atoms with van der Waals surface area (Å²) in [5.41, 5.74) is 2.03. The van der Waals surface area contributed by atoms with Crippen LogP contribution in [0.15, 0.2) is 84.9 Å². The summed E-state index contributed by atoms with van der Waals surface area (Å²) in [6.45, 7) is 0. The van der Waals surface area contributed by atoms with Gasteiger partial charge in [0.15, 0.2) is 6.10 Å². The number of rotatable bonds is 4. The van der Waals surface area contributed by atoms with E-state index in [4.69, 9.17) is 9.94 Å². The standard InChI is InChI=1S/C24H18N2O5/c27-22-19-20(15-7-3-1-4-8-15)26(18-9-5-2-6-10-18)31-21(19)23(28)25(22)17-13-11-16(12-14-17)24(29)30/h1-14,19-21H,(H,29,30)/t19-,20+,21-/m1/s1. The van der Waals surface area contributed by atoms with E-state index >= 15 is 0 Å². The molecule has 3 aromatic rings. The van der Waals surface area contributed by atoms with Crippen LogP contribution in [-0.2, 0) is 14.4 Å². The smallest absolute Gasteiger partial charge is 0.335 e. The first-order chi connectivity index (χ1) is 15.1. The third-order valence-corrected chi connectivity index (χ3v) is 5.64. The predicted octanol–water partition coefficient (Wildman–Crippen LogP) is 3.44. The van der Waals surface area contributed by atoms with Gasteiger partial charge in [-0.1, -0.05) is 48.5 Å². The van der Waals surface area contributed by atoms with Crippen LogP contribution in [-0.4, -0.2) is 29.0 Å². The molecule has 5 rings (SSSR count). The van der Waals surface area contributed by atoms with Gasteiger partial charge in [-0.25, -0.2) is 14.8 Å². The Bertz CT molecular complexity index is 1150. The second kappa shape index (κ2) is 7.37. The van der Waals surface area contributed by atoms with E-state index in [1.54, 1.807) is 5.06 Å². The molecule has 7 nitrogen and oxygen atoms in total. The van der Waals surface area contributed by atoms with Crippen LogP contribution in [0, 0.1) is 5.92 Å². The van der Waals surface area contributed by atoms with Gasteiger partial charge < -0.3 is 5.11 Å². The average Bonchev–Trinajstić information content (AvgIpc) is 3.31. The molecule has 3 aromatic carbocycles. The highest BCUT2D eigenvalue weighted by Gasteiger charge is 2.60. The summed E-state index contributed by atoms with van der Waals surface area (Å²) < 4.78 is 0. The normalized spacial score (nSPS) is 22.6. The van der Waals surface area contributed by atoms with E-state index in [0.717, 1.165) is 16.2 Å². The lowest BCUT2D eigenvalue weighted by Gasteiger charge is -2.28. The van der Waals surface area contributed by atoms with Gasteiger partial charge in [0.1, 0.15) is 5.92 Å². The lowest BCUT2D eigenvalue weighted by atomic mass is 9.90. The zero-order valence-electron chi connectivity index (χ0n) is 16.3. The first-order valence-corrected chi connectivity index (χ1v) is 9.83. The van der Waals surface area contributed by atoms with Crippen molar-refractivity contribution in [2.24, 2.45) is 5.92 Å². The van der Waals surface area contributed by atoms with E-state index in [1.807, 2.05) is 60.7 Å². The summed E-state index contributed by atoms with van der Waals surface area (Å²) in [6, 6.07) is 24.0. The van der Waals surface area contributed by atoms with Gasteiger partial charge >= 0.3 is 5.97 Å². The van der Waals surface area contributed by atoms with Crippen molar-refractivity contribution in [2.75, 3.05) is 9.96 Å². The number of anilines is 2. The number of carboxylic acid groups (broad SMARTS) is 1. The van der Waals surface area contributed by atoms with Gasteiger partial charge in [0.2, 0.25) is 5.91 Å². The monoisotopic (exact) mass is 414 g/mol. The molecular formula is C24H18N2O5. The molecule has 2 aliphatic rings. The van der Waals surface area contributed by atoms with E-state index < -0.39 is 29.9 Å². The first kappa shape index (κ1) is 19.0. The van der Waals surface area contributed by atoms with Crippen LogP contribution >= 0.6 is 0 Å². The Morgan fingerprint density at radius 3 is 2.00 bits per heavy atom. The van der Waals surface area contributed by atoms with Crippen LogP contribution in [0.2, 0.25) is 0 Å². The fraction of sp³-hybridized carbons (Fsp3) is 0.125. The topological polar surface area (TPSA) is 87.2 Å². The van der Waals surface area contributed by atoms with Crippen molar-refractivity contribution >= 4 is 29.2 Å². The Balaban J connectivity index is 1.54. The average molecular weight is 414 g/mol. The first-order valence-electron chi connectivity index (χ1n) is 9.83. The number of hydrogen-bond donors (Lipinski definition) is 1. The molecule has 0 unspecified atom stereocenters. The van der Waals surface area contributed by atoms with Crippen molar-refractivity contribution in [3.8, 4) is 0 Å². The summed E-state index contributed by atoms with van der Waals surface area (Å²) >= 11 is 0. The Hall–Kier alpha value is -3.97. The van der Waals surface area contributed by atoms with Gasteiger partial charge in [0.05, 0.1) is 23.0 Å². The maximum absolute atomic E-state index is 13.5. The summed E-state index contributed by atoms with van der Waals surface area (Å²) in [5, 5.41) is 10.7. The lowest BCUT2D eigenvalue weighted by Crippen LogP contribution is -2.37. The molecular weight excluding hydrogens is 396 g/mol. The van der Waals surface area contributed by atoms with Gasteiger partial charge in [-0.05, 0) is 42.0 Å². The lowest BCUT2D eigenvalue weighted by molar-refractivity contribution is -0.126. The van der Waals surface area contributed by atoms with Crippen LogP contribution < -0.4 is 9.96 Å². The van der Waals surface area contributed by atoms with Crippen LogP contribution in [0.25, 0.3) is 0 Å². The molecule has 31 heavy (non-hydrogen) atoms. The molecule has 0 radical (unpaired) electrons. The molecule has 0 saturated carbocycles. The number of amides is 2. The van der Waals surface area contributed by atoms with Gasteiger partial charge in [-0.2, -0.15) is 0 Å². The Kier molecular flexibility index (Phi) is 4.52. The van der Waals surface area contributed by atoms with E-state index in [-0.39, 0.29) is 11.5 Å². The number of carboxylic acids is 1. The van der Waals surface area contributed by atoms with Gasteiger partial charge in [-0.3, -0.25) is 14.4 Å². The molecule has 2 heterocycles. The van der Waals surface area contributed by atoms with E-state index in [9.17, 15) is 14.4 Å². The minimum Gasteiger partial charge on any atom is -0.478 e. The largest absolute Gasteiger partial charge is 0.478 e. The molecule has 2 amide bonds. The zero-order valence-corrected chi connectivity index (χ0v) is 16.3. The van der Waals surface area contributed by atoms with Crippen molar-refractivity contribution in [2.45, 2.75) is 12.1 Å². The highest BCUT2D eigenvalue weighted by molar-refractivity contribution is 6.24. The molecule has 7 heteroatoms. The third-order valence-electron chi connectivity index (χ3n) is 5.64. The summed E-state index contributed by atoms with van der Waals surface area (Å²) in [6.07, 6.45) is -0.961. The third kappa shape index (κ3) is 3.06.